The number of allylic oxidation sites excluding steroid dienone is 32. The van der Waals surface area contributed by atoms with Gasteiger partial charge in [0.25, 0.3) is 0 Å². The Hall–Kier alpha value is -5.26. The Morgan fingerprint density at radius 2 is 0.426 bits per heavy atom. The van der Waals surface area contributed by atoms with Crippen LogP contribution in [0.25, 0.3) is 0 Å². The number of unbranched alkanes of at least 4 members (excludes halogenated alkanes) is 30. The van der Waals surface area contributed by atoms with Gasteiger partial charge in [-0.3, -0.25) is 9.59 Å². The first-order valence-electron chi connectivity index (χ1n) is 39.0. The molecule has 0 spiro atoms. The van der Waals surface area contributed by atoms with Crippen molar-refractivity contribution in [3.05, 3.63) is 194 Å². The van der Waals surface area contributed by atoms with E-state index in [0.717, 1.165) is 148 Å². The molecule has 5 nitrogen and oxygen atoms in total. The molecule has 0 aliphatic rings. The quantitative estimate of drug-likeness (QED) is 0.0373. The third kappa shape index (κ3) is 79.2. The van der Waals surface area contributed by atoms with Crippen LogP contribution in [0, 0.1) is 0 Å². The number of aliphatic hydroxyl groups excluding tert-OH is 1. The van der Waals surface area contributed by atoms with Gasteiger partial charge in [-0.1, -0.05) is 375 Å². The highest BCUT2D eigenvalue weighted by atomic mass is 16.6. The maximum Gasteiger partial charge on any atom is 0.306 e. The SMILES string of the molecule is CC/C=C\C/C=C\C/C=C\C/C=C\C/C=C\C/C=C\C/C=C\C/C=C\C/C=C\C/C=C\C/C=C\CCCCCCCCCC(=O)OC(CO)COC(=O)CCCCCCCCCCCCCCCCCCCCCCCCC/C=C\C/C=C\C/C=C\C/C=C\C/C=C\CC. The summed E-state index contributed by atoms with van der Waals surface area (Å²) >= 11 is 0. The normalized spacial score (nSPS) is 13.4. The van der Waals surface area contributed by atoms with E-state index in [9.17, 15) is 14.7 Å². The van der Waals surface area contributed by atoms with Crippen molar-refractivity contribution in [2.75, 3.05) is 13.2 Å². The number of carbonyl (C=O) groups excluding carboxylic acids is 2. The van der Waals surface area contributed by atoms with Gasteiger partial charge >= 0.3 is 11.9 Å². The van der Waals surface area contributed by atoms with Gasteiger partial charge in [0.05, 0.1) is 6.61 Å². The Morgan fingerprint density at radius 3 is 0.638 bits per heavy atom. The molecule has 0 fully saturated rings. The molecule has 0 aromatic rings. The third-order valence-electron chi connectivity index (χ3n) is 16.4. The van der Waals surface area contributed by atoms with Crippen LogP contribution < -0.4 is 0 Å². The lowest BCUT2D eigenvalue weighted by molar-refractivity contribution is -0.161. The highest BCUT2D eigenvalue weighted by Gasteiger charge is 2.16. The summed E-state index contributed by atoms with van der Waals surface area (Å²) in [4.78, 5) is 24.7. The lowest BCUT2D eigenvalue weighted by atomic mass is 10.0. The Morgan fingerprint density at radius 1 is 0.245 bits per heavy atom. The molecule has 0 saturated carbocycles. The van der Waals surface area contributed by atoms with Crippen molar-refractivity contribution in [2.45, 2.75) is 341 Å². The van der Waals surface area contributed by atoms with Crippen molar-refractivity contribution in [2.24, 2.45) is 0 Å². The van der Waals surface area contributed by atoms with E-state index in [-0.39, 0.29) is 25.2 Å². The van der Waals surface area contributed by atoms with E-state index < -0.39 is 6.10 Å². The Bertz CT molecular complexity index is 2110. The van der Waals surface area contributed by atoms with Gasteiger partial charge in [-0.2, -0.15) is 0 Å². The fraction of sp³-hybridized carbons (Fsp3) is 0.618. The molecule has 0 aromatic carbocycles. The average molecular weight is 1290 g/mol. The molecule has 5 heteroatoms. The summed E-state index contributed by atoms with van der Waals surface area (Å²) < 4.78 is 10.8. The van der Waals surface area contributed by atoms with Crippen molar-refractivity contribution >= 4 is 11.9 Å². The Balaban J connectivity index is 3.53. The summed E-state index contributed by atoms with van der Waals surface area (Å²) in [5, 5.41) is 9.73. The smallest absolute Gasteiger partial charge is 0.306 e. The molecule has 1 atom stereocenters. The standard InChI is InChI=1S/C89H144O5/c1-3-5-7-9-11-13-15-17-19-21-23-25-27-29-31-33-35-37-39-41-43-44-46-48-50-52-54-56-58-60-62-64-66-68-70-72-74-76-78-80-82-84-89(92)94-87(85-90)86-93-88(91)83-81-79-77-75-73-71-69-67-65-63-61-59-57-55-53-51-49-47-45-42-40-38-36-34-32-30-28-26-24-22-20-18-16-14-12-10-8-6-4-2/h5-8,11-14,17-20,23-26,29-32,35,37,41,43,46,48,52,54,58,60,64,66,87,90H,3-4,9-10,15-16,21-22,27-28,33-34,36,38-40,42,44-45,47,49-51,53,55-57,59,61-63,65,67-86H2,1-2H3/b7-5-,8-6-,13-11-,14-12-,19-17-,20-18-,25-23-,26-24-,31-29-,32-30-,37-35-,43-41-,48-46-,54-52-,60-58-,66-64-. The van der Waals surface area contributed by atoms with E-state index in [4.69, 9.17) is 9.47 Å². The molecule has 0 saturated heterocycles. The summed E-state index contributed by atoms with van der Waals surface area (Å²) in [7, 11) is 0. The van der Waals surface area contributed by atoms with E-state index >= 15 is 0 Å². The van der Waals surface area contributed by atoms with Gasteiger partial charge in [0.15, 0.2) is 6.10 Å². The van der Waals surface area contributed by atoms with Gasteiger partial charge in [0.2, 0.25) is 0 Å². The van der Waals surface area contributed by atoms with E-state index in [1.54, 1.807) is 0 Å². The number of hydrogen-bond donors (Lipinski definition) is 1. The van der Waals surface area contributed by atoms with Crippen LogP contribution in [-0.2, 0) is 19.1 Å². The summed E-state index contributed by atoms with van der Waals surface area (Å²) in [6, 6.07) is 0. The molecule has 0 aliphatic heterocycles. The molecule has 0 radical (unpaired) electrons. The lowest BCUT2D eigenvalue weighted by Gasteiger charge is -2.15. The van der Waals surface area contributed by atoms with E-state index in [1.165, 1.54) is 161 Å². The van der Waals surface area contributed by atoms with Crippen molar-refractivity contribution in [3.63, 3.8) is 0 Å². The second-order valence-corrected chi connectivity index (χ2v) is 25.3. The summed E-state index contributed by atoms with van der Waals surface area (Å²) in [6.45, 7) is 3.92. The van der Waals surface area contributed by atoms with Gasteiger partial charge in [-0.05, 0) is 141 Å². The van der Waals surface area contributed by atoms with Crippen molar-refractivity contribution in [1.29, 1.82) is 0 Å². The summed E-state index contributed by atoms with van der Waals surface area (Å²) in [5.41, 5.74) is 0. The van der Waals surface area contributed by atoms with Crippen LogP contribution in [-0.4, -0.2) is 36.4 Å². The third-order valence-corrected chi connectivity index (χ3v) is 16.4. The van der Waals surface area contributed by atoms with E-state index in [2.05, 4.69) is 208 Å². The van der Waals surface area contributed by atoms with Crippen molar-refractivity contribution < 1.29 is 24.2 Å². The van der Waals surface area contributed by atoms with Crippen LogP contribution in [0.2, 0.25) is 0 Å². The lowest BCUT2D eigenvalue weighted by Crippen LogP contribution is -2.28. The molecule has 1 N–H and O–H groups in total. The van der Waals surface area contributed by atoms with Crippen LogP contribution in [0.15, 0.2) is 194 Å². The molecule has 0 amide bonds. The molecular weight excluding hydrogens is 1150 g/mol. The van der Waals surface area contributed by atoms with Crippen molar-refractivity contribution in [3.8, 4) is 0 Å². The molecular formula is C89H144O5. The van der Waals surface area contributed by atoms with Gasteiger partial charge in [-0.25, -0.2) is 0 Å². The molecule has 0 heterocycles. The molecule has 0 aromatic heterocycles. The van der Waals surface area contributed by atoms with Crippen molar-refractivity contribution in [1.82, 2.24) is 0 Å². The molecule has 530 valence electrons. The zero-order chi connectivity index (χ0) is 67.5. The number of hydrogen-bond acceptors (Lipinski definition) is 5. The average Bonchev–Trinajstić information content (AvgIpc) is 3.77. The number of ether oxygens (including phenoxy) is 2. The Kier molecular flexibility index (Phi) is 77.4. The van der Waals surface area contributed by atoms with Gasteiger partial charge in [-0.15, -0.1) is 0 Å². The largest absolute Gasteiger partial charge is 0.462 e. The predicted octanol–water partition coefficient (Wildman–Crippen LogP) is 27.9. The summed E-state index contributed by atoms with van der Waals surface area (Å²) in [5.74, 6) is -0.602. The fourth-order valence-electron chi connectivity index (χ4n) is 10.6. The molecule has 0 bridgehead atoms. The number of esters is 2. The molecule has 0 aliphatic carbocycles. The second kappa shape index (κ2) is 82.0. The van der Waals surface area contributed by atoms with E-state index in [0.29, 0.717) is 12.8 Å². The number of aliphatic hydroxyl groups is 1. The first-order valence-corrected chi connectivity index (χ1v) is 39.0. The highest BCUT2D eigenvalue weighted by molar-refractivity contribution is 5.70. The highest BCUT2D eigenvalue weighted by Crippen LogP contribution is 2.17. The van der Waals surface area contributed by atoms with Crippen LogP contribution in [0.4, 0.5) is 0 Å². The molecule has 1 unspecified atom stereocenters. The minimum Gasteiger partial charge on any atom is -0.462 e. The van der Waals surface area contributed by atoms with Gasteiger partial charge < -0.3 is 14.6 Å². The van der Waals surface area contributed by atoms with Crippen LogP contribution in [0.1, 0.15) is 335 Å². The zero-order valence-corrected chi connectivity index (χ0v) is 60.9. The van der Waals surface area contributed by atoms with E-state index in [1.807, 2.05) is 0 Å². The van der Waals surface area contributed by atoms with Gasteiger partial charge in [0, 0.05) is 12.8 Å². The summed E-state index contributed by atoms with van der Waals surface area (Å²) in [6.07, 6.45) is 129. The molecule has 94 heavy (non-hydrogen) atoms. The van der Waals surface area contributed by atoms with Gasteiger partial charge in [0.1, 0.15) is 6.61 Å². The maximum atomic E-state index is 12.4. The first-order chi connectivity index (χ1) is 46.6. The fourth-order valence-corrected chi connectivity index (χ4v) is 10.6. The molecule has 0 rings (SSSR count). The monoisotopic (exact) mass is 1290 g/mol. The van der Waals surface area contributed by atoms with Crippen LogP contribution in [0.3, 0.4) is 0 Å². The Labute approximate surface area is 581 Å². The predicted molar refractivity (Wildman–Crippen MR) is 416 cm³/mol. The van der Waals surface area contributed by atoms with Crippen LogP contribution in [0.5, 0.6) is 0 Å². The second-order valence-electron chi connectivity index (χ2n) is 25.3. The maximum absolute atomic E-state index is 12.4. The zero-order valence-electron chi connectivity index (χ0n) is 60.9. The number of carbonyl (C=O) groups is 2. The van der Waals surface area contributed by atoms with Crippen LogP contribution >= 0.6 is 0 Å². The first kappa shape index (κ1) is 88.7. The topological polar surface area (TPSA) is 72.8 Å². The minimum absolute atomic E-state index is 0.0774. The minimum atomic E-state index is -0.791. The number of rotatable bonds is 70.